The Hall–Kier alpha value is -6.66. The Labute approximate surface area is 274 Å². The number of aromatic nitrogens is 5. The number of furan rings is 1. The van der Waals surface area contributed by atoms with E-state index >= 15 is 0 Å². The molecule has 0 aliphatic rings. The number of pyridine rings is 1. The molecule has 0 aliphatic carbocycles. The van der Waals surface area contributed by atoms with E-state index in [0.717, 1.165) is 60.5 Å². The van der Waals surface area contributed by atoms with Crippen molar-refractivity contribution >= 4 is 54.6 Å². The molecule has 0 radical (unpaired) electrons. The van der Waals surface area contributed by atoms with Crippen LogP contribution in [0.2, 0.25) is 0 Å². The summed E-state index contributed by atoms with van der Waals surface area (Å²) in [5.74, 6) is 1.77. The first-order valence-electron chi connectivity index (χ1n) is 15.9. The maximum Gasteiger partial charge on any atom is 0.227 e. The van der Waals surface area contributed by atoms with Crippen molar-refractivity contribution in [3.05, 3.63) is 152 Å². The highest BCUT2D eigenvalue weighted by molar-refractivity contribution is 6.11. The smallest absolute Gasteiger partial charge is 0.227 e. The number of fused-ring (bicyclic) bond motifs is 7. The van der Waals surface area contributed by atoms with Crippen molar-refractivity contribution in [2.24, 2.45) is 0 Å². The second kappa shape index (κ2) is 10.4. The molecule has 0 spiro atoms. The first-order valence-corrected chi connectivity index (χ1v) is 15.9. The van der Waals surface area contributed by atoms with Gasteiger partial charge < -0.3 is 8.98 Å². The van der Waals surface area contributed by atoms with Crippen LogP contribution in [0.3, 0.4) is 0 Å². The van der Waals surface area contributed by atoms with Gasteiger partial charge in [-0.2, -0.15) is 0 Å². The zero-order valence-electron chi connectivity index (χ0n) is 25.6. The van der Waals surface area contributed by atoms with Gasteiger partial charge in [0.05, 0.1) is 11.0 Å². The van der Waals surface area contributed by atoms with Crippen LogP contribution < -0.4 is 0 Å². The highest BCUT2D eigenvalue weighted by atomic mass is 16.3. The highest BCUT2D eigenvalue weighted by Gasteiger charge is 2.19. The Kier molecular flexibility index (Phi) is 5.77. The predicted octanol–water partition coefficient (Wildman–Crippen LogP) is 10.4. The number of benzene rings is 6. The van der Waals surface area contributed by atoms with Crippen molar-refractivity contribution in [2.75, 3.05) is 0 Å². The van der Waals surface area contributed by atoms with Gasteiger partial charge in [0.1, 0.15) is 5.58 Å². The van der Waals surface area contributed by atoms with Crippen molar-refractivity contribution in [3.8, 4) is 39.9 Å². The fourth-order valence-corrected chi connectivity index (χ4v) is 6.91. The van der Waals surface area contributed by atoms with Crippen LogP contribution >= 0.6 is 0 Å². The minimum absolute atomic E-state index is 0.572. The van der Waals surface area contributed by atoms with Gasteiger partial charge >= 0.3 is 0 Å². The van der Waals surface area contributed by atoms with Gasteiger partial charge in [-0.05, 0) is 59.3 Å². The molecule has 0 saturated heterocycles. The monoisotopic (exact) mass is 615 g/mol. The lowest BCUT2D eigenvalue weighted by Gasteiger charge is -2.12. The van der Waals surface area contributed by atoms with Crippen LogP contribution in [-0.2, 0) is 0 Å². The zero-order valence-corrected chi connectivity index (χ0v) is 25.6. The van der Waals surface area contributed by atoms with Crippen LogP contribution in [0.5, 0.6) is 0 Å². The molecule has 6 heteroatoms. The van der Waals surface area contributed by atoms with Gasteiger partial charge in [-0.25, -0.2) is 19.9 Å². The van der Waals surface area contributed by atoms with Gasteiger partial charge in [0.25, 0.3) is 0 Å². The molecule has 224 valence electrons. The lowest BCUT2D eigenvalue weighted by atomic mass is 10.1. The van der Waals surface area contributed by atoms with E-state index in [1.807, 2.05) is 30.3 Å². The van der Waals surface area contributed by atoms with Crippen molar-refractivity contribution in [1.82, 2.24) is 24.5 Å². The summed E-state index contributed by atoms with van der Waals surface area (Å²) < 4.78 is 8.45. The van der Waals surface area contributed by atoms with Gasteiger partial charge in [-0.15, -0.1) is 0 Å². The summed E-state index contributed by atoms with van der Waals surface area (Å²) in [6, 6.07) is 50.1. The highest BCUT2D eigenvalue weighted by Crippen LogP contribution is 2.37. The molecule has 0 unspecified atom stereocenters. The summed E-state index contributed by atoms with van der Waals surface area (Å²) in [7, 11) is 0. The van der Waals surface area contributed by atoms with Crippen molar-refractivity contribution < 1.29 is 4.42 Å². The van der Waals surface area contributed by atoms with E-state index in [1.165, 1.54) is 10.8 Å². The summed E-state index contributed by atoms with van der Waals surface area (Å²) in [6.45, 7) is 0. The fraction of sp³-hybridized carbons (Fsp3) is 0. The molecule has 4 heterocycles. The molecule has 0 atom stereocenters. The van der Waals surface area contributed by atoms with E-state index in [1.54, 1.807) is 6.20 Å². The number of hydrogen-bond acceptors (Lipinski definition) is 5. The molecule has 0 amide bonds. The number of rotatable bonds is 4. The van der Waals surface area contributed by atoms with Crippen LogP contribution in [0.4, 0.5) is 0 Å². The van der Waals surface area contributed by atoms with Crippen molar-refractivity contribution in [1.29, 1.82) is 0 Å². The third-order valence-electron chi connectivity index (χ3n) is 9.10. The molecule has 0 saturated carbocycles. The Morgan fingerprint density at radius 3 is 1.96 bits per heavy atom. The normalized spacial score (nSPS) is 11.8. The summed E-state index contributed by atoms with van der Waals surface area (Å²) >= 11 is 0. The van der Waals surface area contributed by atoms with E-state index in [4.69, 9.17) is 19.4 Å². The lowest BCUT2D eigenvalue weighted by molar-refractivity contribution is 0.654. The molecule has 0 N–H and O–H groups in total. The van der Waals surface area contributed by atoms with Crippen molar-refractivity contribution in [2.45, 2.75) is 0 Å². The largest absolute Gasteiger partial charge is 0.438 e. The van der Waals surface area contributed by atoms with Crippen molar-refractivity contribution in [3.63, 3.8) is 0 Å². The summed E-state index contributed by atoms with van der Waals surface area (Å²) in [6.07, 6.45) is 1.74. The van der Waals surface area contributed by atoms with Gasteiger partial charge in [-0.3, -0.25) is 0 Å². The SMILES string of the molecule is c1cc(-c2nc(-c3ccc4ccccc4c3)nc(-c3cccc4oc5ncccc5c34)n2)cc(-n2c3ccccc3c3ccccc32)c1. The molecule has 4 aromatic heterocycles. The predicted molar refractivity (Wildman–Crippen MR) is 193 cm³/mol. The molecule has 0 fully saturated rings. The van der Waals surface area contributed by atoms with Crippen LogP contribution in [0.25, 0.3) is 94.5 Å². The average Bonchev–Trinajstić information content (AvgIpc) is 3.71. The first kappa shape index (κ1) is 26.5. The molecule has 48 heavy (non-hydrogen) atoms. The number of hydrogen-bond donors (Lipinski definition) is 0. The summed E-state index contributed by atoms with van der Waals surface area (Å²) in [5, 5.41) is 6.58. The molecule has 6 aromatic carbocycles. The maximum atomic E-state index is 6.13. The molecule has 0 bridgehead atoms. The van der Waals surface area contributed by atoms with Crippen LogP contribution in [0, 0.1) is 0 Å². The third-order valence-corrected chi connectivity index (χ3v) is 9.10. The average molecular weight is 616 g/mol. The molecule has 6 nitrogen and oxygen atoms in total. The Bertz CT molecular complexity index is 2810. The summed E-state index contributed by atoms with van der Waals surface area (Å²) in [4.78, 5) is 19.8. The van der Waals surface area contributed by atoms with Gasteiger partial charge in [0, 0.05) is 50.1 Å². The maximum absolute atomic E-state index is 6.13. The Morgan fingerprint density at radius 1 is 0.479 bits per heavy atom. The minimum atomic E-state index is 0.572. The van der Waals surface area contributed by atoms with Gasteiger partial charge in [-0.1, -0.05) is 97.1 Å². The minimum Gasteiger partial charge on any atom is -0.438 e. The second-order valence-electron chi connectivity index (χ2n) is 11.9. The fourth-order valence-electron chi connectivity index (χ4n) is 6.91. The third kappa shape index (κ3) is 4.13. The van der Waals surface area contributed by atoms with E-state index in [0.29, 0.717) is 23.2 Å². The number of nitrogens with zero attached hydrogens (tertiary/aromatic N) is 5. The molecule has 10 aromatic rings. The number of para-hydroxylation sites is 2. The van der Waals surface area contributed by atoms with E-state index < -0.39 is 0 Å². The molecule has 0 aliphatic heterocycles. The molecule has 10 rings (SSSR count). The topological polar surface area (TPSA) is 69.6 Å². The molecular weight excluding hydrogens is 590 g/mol. The second-order valence-corrected chi connectivity index (χ2v) is 11.9. The van der Waals surface area contributed by atoms with E-state index in [2.05, 4.69) is 125 Å². The van der Waals surface area contributed by atoms with Crippen LogP contribution in [0.1, 0.15) is 0 Å². The van der Waals surface area contributed by atoms with Crippen LogP contribution in [0.15, 0.2) is 156 Å². The zero-order chi connectivity index (χ0) is 31.6. The Balaban J connectivity index is 1.22. The van der Waals surface area contributed by atoms with E-state index in [9.17, 15) is 0 Å². The summed E-state index contributed by atoms with van der Waals surface area (Å²) in [5.41, 5.74) is 7.34. The quantitative estimate of drug-likeness (QED) is 0.197. The Morgan fingerprint density at radius 2 is 1.15 bits per heavy atom. The lowest BCUT2D eigenvalue weighted by Crippen LogP contribution is -2.01. The standard InChI is InChI=1S/C42H25N5O/c1-2-11-27-24-29(22-21-26(27)10-1)40-44-39(45-41(46-40)33-16-8-20-37-38(33)34-17-9-23-43-42(34)48-37)28-12-7-13-30(25-28)47-35-18-5-3-14-31(35)32-15-4-6-19-36(32)47/h1-25H. The molecular formula is C42H25N5O. The van der Waals surface area contributed by atoms with E-state index in [-0.39, 0.29) is 0 Å². The van der Waals surface area contributed by atoms with Gasteiger partial charge in [0.2, 0.25) is 5.71 Å². The van der Waals surface area contributed by atoms with Crippen LogP contribution in [-0.4, -0.2) is 24.5 Å². The first-order chi connectivity index (χ1) is 23.8. The van der Waals surface area contributed by atoms with Gasteiger partial charge in [0.15, 0.2) is 17.5 Å².